The Kier molecular flexibility index (Phi) is 5.94. The molecule has 2 aromatic heterocycles. The van der Waals surface area contributed by atoms with Crippen molar-refractivity contribution in [1.29, 1.82) is 0 Å². The molecule has 0 aromatic carbocycles. The lowest BCUT2D eigenvalue weighted by molar-refractivity contribution is -0.131. The van der Waals surface area contributed by atoms with Crippen molar-refractivity contribution in [3.63, 3.8) is 0 Å². The summed E-state index contributed by atoms with van der Waals surface area (Å²) in [7, 11) is 0. The van der Waals surface area contributed by atoms with Crippen LogP contribution in [0.25, 0.3) is 0 Å². The summed E-state index contributed by atoms with van der Waals surface area (Å²) in [4.78, 5) is 17.2. The quantitative estimate of drug-likeness (QED) is 0.690. The lowest BCUT2D eigenvalue weighted by Crippen LogP contribution is -2.41. The Hall–Kier alpha value is -1.96. The Bertz CT molecular complexity index is 777. The van der Waals surface area contributed by atoms with E-state index in [0.717, 1.165) is 55.9 Å². The Morgan fingerprint density at radius 1 is 1.25 bits per heavy atom. The molecule has 1 amide bonds. The maximum Gasteiger partial charge on any atom is 0.235 e. The first-order valence-electron chi connectivity index (χ1n) is 10.3. The maximum absolute atomic E-state index is 12.9. The molecule has 2 fully saturated rings. The van der Waals surface area contributed by atoms with Crippen molar-refractivity contribution in [1.82, 2.24) is 19.7 Å². The number of thioether (sulfide) groups is 1. The number of hydrogen-bond donors (Lipinski definition) is 0. The van der Waals surface area contributed by atoms with Crippen molar-refractivity contribution < 1.29 is 9.21 Å². The van der Waals surface area contributed by atoms with Gasteiger partial charge in [0.15, 0.2) is 5.16 Å². The van der Waals surface area contributed by atoms with Crippen LogP contribution in [0.15, 0.2) is 28.0 Å². The van der Waals surface area contributed by atoms with Crippen LogP contribution in [0.3, 0.4) is 0 Å². The number of carbonyl (C=O) groups is 1. The molecule has 2 saturated heterocycles. The van der Waals surface area contributed by atoms with Crippen LogP contribution in [-0.2, 0) is 11.3 Å². The van der Waals surface area contributed by atoms with E-state index in [-0.39, 0.29) is 11.2 Å². The molecule has 152 valence electrons. The minimum atomic E-state index is -0.181. The molecule has 4 heterocycles. The molecule has 1 unspecified atom stereocenters. The summed E-state index contributed by atoms with van der Waals surface area (Å²) >= 11 is 1.50. The molecule has 0 saturated carbocycles. The molecule has 0 bridgehead atoms. The van der Waals surface area contributed by atoms with Gasteiger partial charge < -0.3 is 14.2 Å². The van der Waals surface area contributed by atoms with E-state index >= 15 is 0 Å². The number of piperidine rings is 1. The van der Waals surface area contributed by atoms with Gasteiger partial charge in [0, 0.05) is 26.2 Å². The number of likely N-dealkylation sites (tertiary alicyclic amines) is 1. The van der Waals surface area contributed by atoms with E-state index in [2.05, 4.69) is 26.6 Å². The number of furan rings is 1. The highest BCUT2D eigenvalue weighted by atomic mass is 32.2. The number of nitrogens with zero attached hydrogens (tertiary/aromatic N) is 5. The first-order valence-corrected chi connectivity index (χ1v) is 11.2. The zero-order valence-corrected chi connectivity index (χ0v) is 17.5. The van der Waals surface area contributed by atoms with E-state index in [9.17, 15) is 4.79 Å². The van der Waals surface area contributed by atoms with E-state index in [1.54, 1.807) is 6.26 Å². The van der Waals surface area contributed by atoms with E-state index in [4.69, 9.17) is 4.42 Å². The summed E-state index contributed by atoms with van der Waals surface area (Å²) in [6.07, 6.45) is 6.23. The van der Waals surface area contributed by atoms with Crippen LogP contribution in [0.5, 0.6) is 0 Å². The first-order chi connectivity index (χ1) is 13.6. The number of carbonyl (C=O) groups excluding carboxylic acids is 1. The number of amides is 1. The van der Waals surface area contributed by atoms with Gasteiger partial charge in [0.1, 0.15) is 5.76 Å². The molecule has 0 spiro atoms. The molecule has 1 atom stereocenters. The Balaban J connectivity index is 1.50. The fourth-order valence-electron chi connectivity index (χ4n) is 3.91. The van der Waals surface area contributed by atoms with Crippen LogP contribution in [-0.4, -0.2) is 57.0 Å². The first kappa shape index (κ1) is 19.4. The average molecular weight is 404 g/mol. The highest BCUT2D eigenvalue weighted by Crippen LogP contribution is 2.30. The summed E-state index contributed by atoms with van der Waals surface area (Å²) in [6, 6.07) is 3.86. The molecule has 4 rings (SSSR count). The second-order valence-corrected chi connectivity index (χ2v) is 9.22. The molecule has 2 aliphatic rings. The second-order valence-electron chi connectivity index (χ2n) is 7.91. The fourth-order valence-corrected chi connectivity index (χ4v) is 4.84. The summed E-state index contributed by atoms with van der Waals surface area (Å²) < 4.78 is 7.65. The number of aromatic nitrogens is 3. The fraction of sp³-hybridized carbons (Fsp3) is 0.650. The van der Waals surface area contributed by atoms with Crippen molar-refractivity contribution in [2.24, 2.45) is 5.92 Å². The van der Waals surface area contributed by atoms with Crippen molar-refractivity contribution in [3.8, 4) is 0 Å². The van der Waals surface area contributed by atoms with Gasteiger partial charge in [-0.2, -0.15) is 0 Å². The summed E-state index contributed by atoms with van der Waals surface area (Å²) in [5.74, 6) is 2.66. The number of anilines is 1. The third-order valence-corrected chi connectivity index (χ3v) is 6.77. The van der Waals surface area contributed by atoms with Crippen LogP contribution >= 0.6 is 11.8 Å². The largest absolute Gasteiger partial charge is 0.467 e. The Labute approximate surface area is 170 Å². The average Bonchev–Trinajstić information content (AvgIpc) is 3.45. The van der Waals surface area contributed by atoms with Gasteiger partial charge >= 0.3 is 0 Å². The molecular weight excluding hydrogens is 374 g/mol. The monoisotopic (exact) mass is 403 g/mol. The highest BCUT2D eigenvalue weighted by molar-refractivity contribution is 8.00. The van der Waals surface area contributed by atoms with Crippen molar-refractivity contribution in [2.75, 3.05) is 31.1 Å². The lowest BCUT2D eigenvalue weighted by Gasteiger charge is -2.32. The molecule has 7 nitrogen and oxygen atoms in total. The molecule has 8 heteroatoms. The Morgan fingerprint density at radius 3 is 2.68 bits per heavy atom. The number of hydrogen-bond acceptors (Lipinski definition) is 6. The van der Waals surface area contributed by atoms with Crippen LogP contribution in [0.2, 0.25) is 0 Å². The predicted octanol–water partition coefficient (Wildman–Crippen LogP) is 3.26. The summed E-state index contributed by atoms with van der Waals surface area (Å²) in [5.41, 5.74) is 0. The molecular formula is C20H29N5O2S. The highest BCUT2D eigenvalue weighted by Gasteiger charge is 2.28. The summed E-state index contributed by atoms with van der Waals surface area (Å²) in [6.45, 7) is 8.55. The summed E-state index contributed by atoms with van der Waals surface area (Å²) in [5, 5.41) is 9.51. The van der Waals surface area contributed by atoms with Crippen LogP contribution in [0.4, 0.5) is 5.95 Å². The van der Waals surface area contributed by atoms with E-state index < -0.39 is 0 Å². The molecule has 0 aliphatic carbocycles. The smallest absolute Gasteiger partial charge is 0.235 e. The minimum absolute atomic E-state index is 0.181. The zero-order chi connectivity index (χ0) is 19.5. The van der Waals surface area contributed by atoms with Crippen molar-refractivity contribution in [2.45, 2.75) is 56.5 Å². The van der Waals surface area contributed by atoms with Gasteiger partial charge in [-0.1, -0.05) is 18.7 Å². The van der Waals surface area contributed by atoms with Gasteiger partial charge in [-0.3, -0.25) is 9.36 Å². The predicted molar refractivity (Wildman–Crippen MR) is 110 cm³/mol. The molecule has 2 aliphatic heterocycles. The van der Waals surface area contributed by atoms with Gasteiger partial charge in [-0.25, -0.2) is 0 Å². The SMILES string of the molecule is CC1CCN(C(=O)C(C)Sc2nnc(N3CCCC3)n2Cc2ccco2)CC1. The molecule has 0 radical (unpaired) electrons. The maximum atomic E-state index is 12.9. The second kappa shape index (κ2) is 8.59. The van der Waals surface area contributed by atoms with E-state index in [1.165, 1.54) is 24.6 Å². The minimum Gasteiger partial charge on any atom is -0.467 e. The molecule has 28 heavy (non-hydrogen) atoms. The Morgan fingerprint density at radius 2 is 2.00 bits per heavy atom. The number of rotatable bonds is 6. The standard InChI is InChI=1S/C20H29N5O2S/c1-15-7-11-23(12-8-15)18(26)16(2)28-20-22-21-19(24-9-3-4-10-24)25(20)14-17-6-5-13-27-17/h5-6,13,15-16H,3-4,7-12,14H2,1-2H3. The normalized spacial score (nSPS) is 19.4. The van der Waals surface area contributed by atoms with Gasteiger partial charge in [0.25, 0.3) is 0 Å². The van der Waals surface area contributed by atoms with E-state index in [1.807, 2.05) is 24.0 Å². The molecule has 2 aromatic rings. The van der Waals surface area contributed by atoms with Gasteiger partial charge in [0.2, 0.25) is 11.9 Å². The van der Waals surface area contributed by atoms with Gasteiger partial charge in [-0.15, -0.1) is 10.2 Å². The van der Waals surface area contributed by atoms with Crippen LogP contribution < -0.4 is 4.90 Å². The van der Waals surface area contributed by atoms with Gasteiger partial charge in [-0.05, 0) is 50.7 Å². The van der Waals surface area contributed by atoms with Crippen LogP contribution in [0, 0.1) is 5.92 Å². The zero-order valence-electron chi connectivity index (χ0n) is 16.7. The topological polar surface area (TPSA) is 67.4 Å². The lowest BCUT2D eigenvalue weighted by atomic mass is 9.99. The van der Waals surface area contributed by atoms with Gasteiger partial charge in [0.05, 0.1) is 18.1 Å². The molecule has 0 N–H and O–H groups in total. The van der Waals surface area contributed by atoms with Crippen molar-refractivity contribution in [3.05, 3.63) is 24.2 Å². The van der Waals surface area contributed by atoms with Crippen LogP contribution in [0.1, 0.15) is 45.3 Å². The third kappa shape index (κ3) is 4.21. The van der Waals surface area contributed by atoms with E-state index in [0.29, 0.717) is 12.5 Å². The third-order valence-electron chi connectivity index (χ3n) is 5.71. The van der Waals surface area contributed by atoms with Crippen molar-refractivity contribution >= 4 is 23.6 Å².